The molecule has 92 valence electrons. The van der Waals surface area contributed by atoms with Gasteiger partial charge in [-0.2, -0.15) is 0 Å². The van der Waals surface area contributed by atoms with E-state index in [1.807, 2.05) is 4.90 Å². The van der Waals surface area contributed by atoms with Crippen LogP contribution in [-0.4, -0.2) is 49.1 Å². The van der Waals surface area contributed by atoms with Gasteiger partial charge < -0.3 is 11.1 Å². The Morgan fingerprint density at radius 3 is 2.75 bits per heavy atom. The van der Waals surface area contributed by atoms with E-state index in [0.717, 1.165) is 19.4 Å². The predicted octanol–water partition coefficient (Wildman–Crippen LogP) is -0.746. The lowest BCUT2D eigenvalue weighted by Crippen LogP contribution is -2.53. The Labute approximate surface area is 95.5 Å². The number of carbonyl (C=O) groups is 2. The SMILES string of the molecule is CNC(=O)NC(=O)C(C)N1CCCC(N)C1. The monoisotopic (exact) mass is 228 g/mol. The number of likely N-dealkylation sites (tertiary alicyclic amines) is 1. The van der Waals surface area contributed by atoms with Gasteiger partial charge in [0.05, 0.1) is 6.04 Å². The van der Waals surface area contributed by atoms with Gasteiger partial charge in [0.15, 0.2) is 0 Å². The number of rotatable bonds is 2. The van der Waals surface area contributed by atoms with Gasteiger partial charge in [0.25, 0.3) is 0 Å². The van der Waals surface area contributed by atoms with E-state index in [4.69, 9.17) is 5.73 Å². The van der Waals surface area contributed by atoms with Gasteiger partial charge in [-0.05, 0) is 26.3 Å². The van der Waals surface area contributed by atoms with E-state index in [-0.39, 0.29) is 18.0 Å². The molecule has 1 rings (SSSR count). The minimum Gasteiger partial charge on any atom is -0.341 e. The first-order chi connectivity index (χ1) is 7.54. The molecule has 1 aliphatic rings. The van der Waals surface area contributed by atoms with Crippen molar-refractivity contribution in [3.63, 3.8) is 0 Å². The summed E-state index contributed by atoms with van der Waals surface area (Å²) in [6.45, 7) is 3.36. The molecule has 0 aromatic heterocycles. The van der Waals surface area contributed by atoms with Crippen molar-refractivity contribution < 1.29 is 9.59 Å². The number of amides is 3. The molecule has 1 fully saturated rings. The minimum absolute atomic E-state index is 0.129. The van der Waals surface area contributed by atoms with Gasteiger partial charge in [-0.1, -0.05) is 0 Å². The average Bonchev–Trinajstić information content (AvgIpc) is 2.27. The Morgan fingerprint density at radius 1 is 1.50 bits per heavy atom. The fourth-order valence-corrected chi connectivity index (χ4v) is 1.84. The van der Waals surface area contributed by atoms with Gasteiger partial charge in [0.2, 0.25) is 5.91 Å². The van der Waals surface area contributed by atoms with Crippen molar-refractivity contribution in [3.8, 4) is 0 Å². The van der Waals surface area contributed by atoms with Crippen molar-refractivity contribution in [1.82, 2.24) is 15.5 Å². The first kappa shape index (κ1) is 12.9. The van der Waals surface area contributed by atoms with E-state index in [2.05, 4.69) is 10.6 Å². The van der Waals surface area contributed by atoms with Crippen molar-refractivity contribution in [2.45, 2.75) is 31.8 Å². The van der Waals surface area contributed by atoms with E-state index in [0.29, 0.717) is 6.54 Å². The van der Waals surface area contributed by atoms with Gasteiger partial charge >= 0.3 is 6.03 Å². The molecule has 0 saturated carbocycles. The minimum atomic E-state index is -0.474. The van der Waals surface area contributed by atoms with Crippen LogP contribution in [0.1, 0.15) is 19.8 Å². The maximum atomic E-state index is 11.7. The first-order valence-electron chi connectivity index (χ1n) is 5.56. The molecule has 3 amide bonds. The van der Waals surface area contributed by atoms with E-state index < -0.39 is 6.03 Å². The molecule has 1 aliphatic heterocycles. The lowest BCUT2D eigenvalue weighted by atomic mass is 10.0. The highest BCUT2D eigenvalue weighted by atomic mass is 16.2. The zero-order valence-electron chi connectivity index (χ0n) is 9.82. The van der Waals surface area contributed by atoms with Crippen LogP contribution in [0.25, 0.3) is 0 Å². The predicted molar refractivity (Wildman–Crippen MR) is 60.8 cm³/mol. The third-order valence-electron chi connectivity index (χ3n) is 2.88. The summed E-state index contributed by atoms with van der Waals surface area (Å²) < 4.78 is 0. The number of piperidine rings is 1. The Hall–Kier alpha value is -1.14. The summed E-state index contributed by atoms with van der Waals surface area (Å²) in [7, 11) is 1.48. The van der Waals surface area contributed by atoms with Crippen LogP contribution >= 0.6 is 0 Å². The lowest BCUT2D eigenvalue weighted by Gasteiger charge is -2.34. The topological polar surface area (TPSA) is 87.5 Å². The molecular formula is C10H20N4O2. The van der Waals surface area contributed by atoms with Crippen molar-refractivity contribution >= 4 is 11.9 Å². The molecule has 16 heavy (non-hydrogen) atoms. The van der Waals surface area contributed by atoms with Gasteiger partial charge in [-0.25, -0.2) is 4.79 Å². The third-order valence-corrected chi connectivity index (χ3v) is 2.88. The second-order valence-corrected chi connectivity index (χ2v) is 4.14. The van der Waals surface area contributed by atoms with Gasteiger partial charge in [-0.3, -0.25) is 15.0 Å². The van der Waals surface area contributed by atoms with Crippen LogP contribution in [0.3, 0.4) is 0 Å². The highest BCUT2D eigenvalue weighted by Crippen LogP contribution is 2.11. The average molecular weight is 228 g/mol. The van der Waals surface area contributed by atoms with Gasteiger partial charge in [0.1, 0.15) is 0 Å². The van der Waals surface area contributed by atoms with Crippen LogP contribution in [0.5, 0.6) is 0 Å². The van der Waals surface area contributed by atoms with Crippen molar-refractivity contribution in [2.75, 3.05) is 20.1 Å². The highest BCUT2D eigenvalue weighted by Gasteiger charge is 2.26. The number of carbonyl (C=O) groups excluding carboxylic acids is 2. The molecule has 1 saturated heterocycles. The van der Waals surface area contributed by atoms with Crippen LogP contribution in [-0.2, 0) is 4.79 Å². The number of urea groups is 1. The number of nitrogens with one attached hydrogen (secondary N) is 2. The Kier molecular flexibility index (Phi) is 4.70. The van der Waals surface area contributed by atoms with Crippen LogP contribution in [0.2, 0.25) is 0 Å². The Morgan fingerprint density at radius 2 is 2.19 bits per heavy atom. The number of nitrogens with two attached hydrogens (primary N) is 1. The summed E-state index contributed by atoms with van der Waals surface area (Å²) in [4.78, 5) is 24.7. The van der Waals surface area contributed by atoms with E-state index in [1.54, 1.807) is 6.92 Å². The number of imide groups is 1. The molecule has 0 radical (unpaired) electrons. The maximum Gasteiger partial charge on any atom is 0.321 e. The second kappa shape index (κ2) is 5.81. The van der Waals surface area contributed by atoms with Crippen LogP contribution in [0.4, 0.5) is 4.79 Å². The summed E-state index contributed by atoms with van der Waals surface area (Å²) in [5.74, 6) is -0.284. The Bertz CT molecular complexity index is 270. The van der Waals surface area contributed by atoms with Crippen LogP contribution < -0.4 is 16.4 Å². The summed E-state index contributed by atoms with van der Waals surface area (Å²) in [5, 5.41) is 4.62. The molecule has 0 aromatic rings. The largest absolute Gasteiger partial charge is 0.341 e. The molecule has 0 bridgehead atoms. The number of hydrogen-bond donors (Lipinski definition) is 3. The number of nitrogens with zero attached hydrogens (tertiary/aromatic N) is 1. The lowest BCUT2D eigenvalue weighted by molar-refractivity contribution is -0.125. The molecule has 2 atom stereocenters. The second-order valence-electron chi connectivity index (χ2n) is 4.14. The molecule has 6 nitrogen and oxygen atoms in total. The van der Waals surface area contributed by atoms with Crippen LogP contribution in [0.15, 0.2) is 0 Å². The van der Waals surface area contributed by atoms with Gasteiger partial charge in [-0.15, -0.1) is 0 Å². The molecule has 1 heterocycles. The zero-order chi connectivity index (χ0) is 12.1. The first-order valence-corrected chi connectivity index (χ1v) is 5.56. The molecule has 4 N–H and O–H groups in total. The van der Waals surface area contributed by atoms with E-state index in [9.17, 15) is 9.59 Å². The summed E-state index contributed by atoms with van der Waals surface area (Å²) >= 11 is 0. The maximum absolute atomic E-state index is 11.7. The molecule has 0 aromatic carbocycles. The molecule has 6 heteroatoms. The zero-order valence-corrected chi connectivity index (χ0v) is 9.82. The van der Waals surface area contributed by atoms with Crippen molar-refractivity contribution in [3.05, 3.63) is 0 Å². The fraction of sp³-hybridized carbons (Fsp3) is 0.800. The highest BCUT2D eigenvalue weighted by molar-refractivity contribution is 5.96. The molecule has 2 unspecified atom stereocenters. The van der Waals surface area contributed by atoms with Crippen LogP contribution in [0, 0.1) is 0 Å². The third kappa shape index (κ3) is 3.46. The molecular weight excluding hydrogens is 208 g/mol. The fourth-order valence-electron chi connectivity index (χ4n) is 1.84. The van der Waals surface area contributed by atoms with Crippen molar-refractivity contribution in [2.24, 2.45) is 5.73 Å². The van der Waals surface area contributed by atoms with E-state index in [1.165, 1.54) is 7.05 Å². The molecule has 0 spiro atoms. The summed E-state index contributed by atoms with van der Waals surface area (Å²) in [6, 6.07) is -0.661. The smallest absolute Gasteiger partial charge is 0.321 e. The Balaban J connectivity index is 2.46. The van der Waals surface area contributed by atoms with E-state index >= 15 is 0 Å². The normalized spacial score (nSPS) is 23.6. The summed E-state index contributed by atoms with van der Waals surface area (Å²) in [5.41, 5.74) is 5.84. The molecule has 0 aliphatic carbocycles. The van der Waals surface area contributed by atoms with Crippen molar-refractivity contribution in [1.29, 1.82) is 0 Å². The summed E-state index contributed by atoms with van der Waals surface area (Å²) in [6.07, 6.45) is 2.00. The quantitative estimate of drug-likeness (QED) is 0.580. The standard InChI is InChI=1S/C10H20N4O2/c1-7(9(15)13-10(16)12-2)14-5-3-4-8(11)6-14/h7-8H,3-6,11H2,1-2H3,(H2,12,13,15,16). The van der Waals surface area contributed by atoms with Gasteiger partial charge in [0, 0.05) is 19.6 Å². The number of hydrogen-bond acceptors (Lipinski definition) is 4.